The van der Waals surface area contributed by atoms with Crippen LogP contribution in [-0.2, 0) is 0 Å². The molecule has 0 spiro atoms. The number of ketones is 1. The van der Waals surface area contributed by atoms with Crippen LogP contribution in [0.1, 0.15) is 40.4 Å². The van der Waals surface area contributed by atoms with Gasteiger partial charge < -0.3 is 5.11 Å². The Kier molecular flexibility index (Phi) is 4.25. The Bertz CT molecular complexity index is 367. The van der Waals surface area contributed by atoms with Crippen molar-refractivity contribution in [3.05, 3.63) is 34.4 Å². The van der Waals surface area contributed by atoms with E-state index in [2.05, 4.69) is 0 Å². The smallest absolute Gasteiger partial charge is 0.168 e. The van der Waals surface area contributed by atoms with Gasteiger partial charge in [-0.3, -0.25) is 4.79 Å². The Morgan fingerprint density at radius 2 is 1.75 bits per heavy atom. The van der Waals surface area contributed by atoms with Crippen molar-refractivity contribution in [1.82, 2.24) is 0 Å². The Hall–Kier alpha value is -1.15. The number of aliphatic hydroxyl groups excluding tert-OH is 1. The number of carbonyl (C=O) groups is 1. The molecule has 0 amide bonds. The zero-order chi connectivity index (χ0) is 12.3. The molecular weight excluding hydrogens is 200 g/mol. The highest BCUT2D eigenvalue weighted by Gasteiger charge is 2.20. The van der Waals surface area contributed by atoms with E-state index in [4.69, 9.17) is 0 Å². The molecule has 0 aromatic heterocycles. The summed E-state index contributed by atoms with van der Waals surface area (Å²) in [6, 6.07) is 4.04. The van der Waals surface area contributed by atoms with Gasteiger partial charge in [0.25, 0.3) is 0 Å². The minimum atomic E-state index is -0.264. The maximum absolute atomic E-state index is 12.2. The summed E-state index contributed by atoms with van der Waals surface area (Å²) in [6.45, 7) is 7.80. The van der Waals surface area contributed by atoms with E-state index in [0.29, 0.717) is 6.42 Å². The highest BCUT2D eigenvalue weighted by atomic mass is 16.3. The van der Waals surface area contributed by atoms with Gasteiger partial charge in [0.2, 0.25) is 0 Å². The van der Waals surface area contributed by atoms with E-state index in [1.165, 1.54) is 5.56 Å². The molecule has 0 bridgehead atoms. The van der Waals surface area contributed by atoms with Crippen molar-refractivity contribution >= 4 is 5.78 Å². The molecule has 0 fully saturated rings. The van der Waals surface area contributed by atoms with Crippen LogP contribution in [0, 0.1) is 26.7 Å². The predicted molar refractivity (Wildman–Crippen MR) is 65.9 cm³/mol. The van der Waals surface area contributed by atoms with Crippen LogP contribution in [0.2, 0.25) is 0 Å². The van der Waals surface area contributed by atoms with E-state index in [9.17, 15) is 9.90 Å². The molecule has 0 heterocycles. The number of carbonyl (C=O) groups excluding carboxylic acids is 1. The van der Waals surface area contributed by atoms with Crippen LogP contribution in [0.4, 0.5) is 0 Å². The first-order valence-electron chi connectivity index (χ1n) is 5.74. The van der Waals surface area contributed by atoms with Crippen molar-refractivity contribution in [1.29, 1.82) is 0 Å². The van der Waals surface area contributed by atoms with Gasteiger partial charge in [0.1, 0.15) is 0 Å². The second-order valence-corrected chi connectivity index (χ2v) is 4.43. The fraction of sp³-hybridized carbons (Fsp3) is 0.500. The molecule has 1 unspecified atom stereocenters. The van der Waals surface area contributed by atoms with Crippen LogP contribution < -0.4 is 0 Å². The van der Waals surface area contributed by atoms with Gasteiger partial charge in [-0.2, -0.15) is 0 Å². The lowest BCUT2D eigenvalue weighted by Gasteiger charge is -2.15. The standard InChI is InChI=1S/C14H20O2/c1-5-12(8-15)14(16)13-10(3)6-9(2)7-11(13)4/h6-7,12,15H,5,8H2,1-4H3. The van der Waals surface area contributed by atoms with Crippen molar-refractivity contribution in [2.75, 3.05) is 6.61 Å². The summed E-state index contributed by atoms with van der Waals surface area (Å²) in [7, 11) is 0. The average molecular weight is 220 g/mol. The van der Waals surface area contributed by atoms with Gasteiger partial charge in [0.05, 0.1) is 6.61 Å². The van der Waals surface area contributed by atoms with E-state index < -0.39 is 0 Å². The highest BCUT2D eigenvalue weighted by molar-refractivity contribution is 6.00. The zero-order valence-corrected chi connectivity index (χ0v) is 10.5. The fourth-order valence-electron chi connectivity index (χ4n) is 2.17. The van der Waals surface area contributed by atoms with Crippen molar-refractivity contribution in [3.63, 3.8) is 0 Å². The molecule has 0 aliphatic heterocycles. The van der Waals surface area contributed by atoms with Crippen molar-refractivity contribution in [2.45, 2.75) is 34.1 Å². The lowest BCUT2D eigenvalue weighted by Crippen LogP contribution is -2.20. The topological polar surface area (TPSA) is 37.3 Å². The molecule has 1 atom stereocenters. The molecule has 1 N–H and O–H groups in total. The van der Waals surface area contributed by atoms with Gasteiger partial charge in [0.15, 0.2) is 5.78 Å². The summed E-state index contributed by atoms with van der Waals surface area (Å²) < 4.78 is 0. The molecule has 2 heteroatoms. The number of hydrogen-bond donors (Lipinski definition) is 1. The second kappa shape index (κ2) is 5.26. The van der Waals surface area contributed by atoms with Crippen LogP contribution in [-0.4, -0.2) is 17.5 Å². The van der Waals surface area contributed by atoms with E-state index in [-0.39, 0.29) is 18.3 Å². The molecule has 0 aliphatic rings. The Morgan fingerprint density at radius 1 is 1.25 bits per heavy atom. The summed E-state index contributed by atoms with van der Waals surface area (Å²) in [5.74, 6) is -0.194. The van der Waals surface area contributed by atoms with Crippen molar-refractivity contribution in [2.24, 2.45) is 5.92 Å². The molecule has 1 aromatic carbocycles. The Balaban J connectivity index is 3.18. The van der Waals surface area contributed by atoms with Gasteiger partial charge in [-0.15, -0.1) is 0 Å². The first kappa shape index (κ1) is 12.9. The summed E-state index contributed by atoms with van der Waals surface area (Å²) in [5, 5.41) is 9.17. The molecule has 0 radical (unpaired) electrons. The minimum Gasteiger partial charge on any atom is -0.396 e. The quantitative estimate of drug-likeness (QED) is 0.792. The Morgan fingerprint density at radius 3 is 2.12 bits per heavy atom. The van der Waals surface area contributed by atoms with Gasteiger partial charge in [-0.05, 0) is 38.3 Å². The van der Waals surface area contributed by atoms with Crippen LogP contribution in [0.25, 0.3) is 0 Å². The van der Waals surface area contributed by atoms with Crippen molar-refractivity contribution in [3.8, 4) is 0 Å². The van der Waals surface area contributed by atoms with Gasteiger partial charge >= 0.3 is 0 Å². The minimum absolute atomic E-state index is 0.0674. The monoisotopic (exact) mass is 220 g/mol. The molecule has 16 heavy (non-hydrogen) atoms. The van der Waals surface area contributed by atoms with E-state index in [1.54, 1.807) is 0 Å². The third-order valence-electron chi connectivity index (χ3n) is 3.01. The number of rotatable bonds is 4. The summed E-state index contributed by atoms with van der Waals surface area (Å²) in [4.78, 5) is 12.2. The molecule has 0 aliphatic carbocycles. The molecule has 0 saturated carbocycles. The predicted octanol–water partition coefficient (Wildman–Crippen LogP) is 2.81. The van der Waals surface area contributed by atoms with Crippen LogP contribution >= 0.6 is 0 Å². The third kappa shape index (κ3) is 2.50. The number of aryl methyl sites for hydroxylation is 3. The number of hydrogen-bond acceptors (Lipinski definition) is 2. The lowest BCUT2D eigenvalue weighted by molar-refractivity contribution is 0.0855. The fourth-order valence-corrected chi connectivity index (χ4v) is 2.17. The molecule has 0 saturated heterocycles. The summed E-state index contributed by atoms with van der Waals surface area (Å²) in [6.07, 6.45) is 0.683. The number of benzene rings is 1. The average Bonchev–Trinajstić information content (AvgIpc) is 2.17. The molecule has 88 valence electrons. The molecule has 1 rings (SSSR count). The zero-order valence-electron chi connectivity index (χ0n) is 10.5. The SMILES string of the molecule is CCC(CO)C(=O)c1c(C)cc(C)cc1C. The molecular formula is C14H20O2. The third-order valence-corrected chi connectivity index (χ3v) is 3.01. The summed E-state index contributed by atoms with van der Waals surface area (Å²) >= 11 is 0. The van der Waals surface area contributed by atoms with E-state index in [1.807, 2.05) is 39.8 Å². The van der Waals surface area contributed by atoms with Crippen molar-refractivity contribution < 1.29 is 9.90 Å². The van der Waals surface area contributed by atoms with Crippen LogP contribution in [0.3, 0.4) is 0 Å². The van der Waals surface area contributed by atoms with Gasteiger partial charge in [-0.25, -0.2) is 0 Å². The molecule has 1 aromatic rings. The van der Waals surface area contributed by atoms with E-state index >= 15 is 0 Å². The second-order valence-electron chi connectivity index (χ2n) is 4.43. The van der Waals surface area contributed by atoms with Gasteiger partial charge in [-0.1, -0.05) is 24.6 Å². The number of aliphatic hydroxyl groups is 1. The van der Waals surface area contributed by atoms with E-state index in [0.717, 1.165) is 16.7 Å². The lowest BCUT2D eigenvalue weighted by atomic mass is 9.89. The van der Waals surface area contributed by atoms with Gasteiger partial charge in [0, 0.05) is 11.5 Å². The van der Waals surface area contributed by atoms with Crippen LogP contribution in [0.15, 0.2) is 12.1 Å². The maximum Gasteiger partial charge on any atom is 0.168 e. The highest BCUT2D eigenvalue weighted by Crippen LogP contribution is 2.21. The normalized spacial score (nSPS) is 12.6. The Labute approximate surface area is 97.3 Å². The first-order valence-corrected chi connectivity index (χ1v) is 5.74. The molecule has 2 nitrogen and oxygen atoms in total. The summed E-state index contributed by atoms with van der Waals surface area (Å²) in [5.41, 5.74) is 3.97. The maximum atomic E-state index is 12.2. The first-order chi connectivity index (χ1) is 7.51. The number of Topliss-reactive ketones (excluding diaryl/α,β-unsaturated/α-hetero) is 1. The largest absolute Gasteiger partial charge is 0.396 e. The van der Waals surface area contributed by atoms with Crippen LogP contribution in [0.5, 0.6) is 0 Å².